The average molecular weight is 254 g/mol. The first-order valence-corrected chi connectivity index (χ1v) is 6.39. The summed E-state index contributed by atoms with van der Waals surface area (Å²) in [5, 5.41) is 0. The monoisotopic (exact) mass is 253 g/mol. The van der Waals surface area contributed by atoms with E-state index >= 15 is 0 Å². The molecule has 0 amide bonds. The molecule has 16 heavy (non-hydrogen) atoms. The summed E-state index contributed by atoms with van der Waals surface area (Å²) in [6.07, 6.45) is 0.743. The summed E-state index contributed by atoms with van der Waals surface area (Å²) >= 11 is 7.04. The van der Waals surface area contributed by atoms with E-state index in [4.69, 9.17) is 11.6 Å². The highest BCUT2D eigenvalue weighted by Crippen LogP contribution is 2.25. The zero-order valence-electron chi connectivity index (χ0n) is 8.94. The van der Waals surface area contributed by atoms with Gasteiger partial charge in [-0.05, 0) is 12.0 Å². The number of hydrogen-bond donors (Lipinski definition) is 0. The maximum Gasteiger partial charge on any atom is 0.307 e. The summed E-state index contributed by atoms with van der Waals surface area (Å²) in [7, 11) is 1.80. The van der Waals surface area contributed by atoms with Gasteiger partial charge in [-0.15, -0.1) is 11.6 Å². The van der Waals surface area contributed by atoms with E-state index < -0.39 is 0 Å². The highest BCUT2D eigenvalue weighted by atomic mass is 35.5. The Morgan fingerprint density at radius 3 is 2.62 bits per heavy atom. The predicted molar refractivity (Wildman–Crippen MR) is 69.4 cm³/mol. The fraction of sp³-hybridized carbons (Fsp3) is 0.250. The molecule has 0 radical (unpaired) electrons. The van der Waals surface area contributed by atoms with Crippen molar-refractivity contribution in [3.63, 3.8) is 0 Å². The molecule has 1 heterocycles. The van der Waals surface area contributed by atoms with Gasteiger partial charge in [0.25, 0.3) is 0 Å². The molecule has 2 rings (SSSR count). The van der Waals surface area contributed by atoms with Crippen molar-refractivity contribution >= 4 is 22.9 Å². The Hall–Kier alpha value is -1.06. The second-order valence-electron chi connectivity index (χ2n) is 3.50. The van der Waals surface area contributed by atoms with E-state index in [1.807, 2.05) is 30.3 Å². The molecule has 0 N–H and O–H groups in total. The van der Waals surface area contributed by atoms with Gasteiger partial charge in [-0.3, -0.25) is 4.79 Å². The molecule has 0 aliphatic carbocycles. The van der Waals surface area contributed by atoms with Crippen LogP contribution in [-0.4, -0.2) is 10.4 Å². The van der Waals surface area contributed by atoms with Crippen LogP contribution in [0.1, 0.15) is 4.88 Å². The smallest absolute Gasteiger partial charge is 0.301 e. The summed E-state index contributed by atoms with van der Waals surface area (Å²) in [5.41, 5.74) is 2.07. The normalized spacial score (nSPS) is 10.6. The number of aromatic nitrogens is 1. The first-order chi connectivity index (χ1) is 7.74. The molecule has 1 aromatic carbocycles. The Morgan fingerprint density at radius 2 is 2.00 bits per heavy atom. The van der Waals surface area contributed by atoms with Gasteiger partial charge in [-0.2, -0.15) is 0 Å². The molecular weight excluding hydrogens is 242 g/mol. The lowest BCUT2D eigenvalue weighted by molar-refractivity contribution is 0.898. The number of hydrogen-bond acceptors (Lipinski definition) is 2. The fourth-order valence-electron chi connectivity index (χ4n) is 1.71. The van der Waals surface area contributed by atoms with Crippen LogP contribution in [0.5, 0.6) is 0 Å². The second kappa shape index (κ2) is 4.85. The van der Waals surface area contributed by atoms with E-state index in [0.717, 1.165) is 22.6 Å². The average Bonchev–Trinajstić information content (AvgIpc) is 2.57. The van der Waals surface area contributed by atoms with E-state index in [1.165, 1.54) is 11.3 Å². The maximum absolute atomic E-state index is 11.6. The Morgan fingerprint density at radius 1 is 1.31 bits per heavy atom. The molecule has 0 aliphatic heterocycles. The van der Waals surface area contributed by atoms with Gasteiger partial charge < -0.3 is 4.57 Å². The Bertz CT molecular complexity index is 530. The maximum atomic E-state index is 11.6. The SMILES string of the molecule is Cn1c(-c2ccccc2)c(CCCl)sc1=O. The van der Waals surface area contributed by atoms with Crippen LogP contribution in [0.15, 0.2) is 35.1 Å². The molecule has 1 aromatic heterocycles. The Kier molecular flexibility index (Phi) is 3.46. The highest BCUT2D eigenvalue weighted by molar-refractivity contribution is 7.09. The minimum absolute atomic E-state index is 0.0685. The predicted octanol–water partition coefficient (Wildman–Crippen LogP) is 2.90. The van der Waals surface area contributed by atoms with Crippen molar-refractivity contribution in [3.05, 3.63) is 44.9 Å². The van der Waals surface area contributed by atoms with Crippen molar-refractivity contribution in [1.29, 1.82) is 0 Å². The van der Waals surface area contributed by atoms with Crippen LogP contribution in [0, 0.1) is 0 Å². The van der Waals surface area contributed by atoms with E-state index in [9.17, 15) is 4.79 Å². The third kappa shape index (κ3) is 2.06. The molecule has 0 fully saturated rings. The van der Waals surface area contributed by atoms with Gasteiger partial charge in [0.05, 0.1) is 5.69 Å². The van der Waals surface area contributed by atoms with Gasteiger partial charge >= 0.3 is 4.87 Å². The quantitative estimate of drug-likeness (QED) is 0.771. The van der Waals surface area contributed by atoms with Crippen molar-refractivity contribution in [2.75, 3.05) is 5.88 Å². The Balaban J connectivity index is 2.59. The standard InChI is InChI=1S/C12H12ClNOS/c1-14-11(9-5-3-2-4-6-9)10(7-8-13)16-12(14)15/h2-6H,7-8H2,1H3. The zero-order chi connectivity index (χ0) is 11.5. The van der Waals surface area contributed by atoms with E-state index in [-0.39, 0.29) is 4.87 Å². The summed E-state index contributed by atoms with van der Waals surface area (Å²) in [5.74, 6) is 0.541. The molecule has 2 aromatic rings. The lowest BCUT2D eigenvalue weighted by Crippen LogP contribution is -2.08. The molecule has 0 bridgehead atoms. The molecule has 0 unspecified atom stereocenters. The molecule has 0 spiro atoms. The number of nitrogens with zero attached hydrogens (tertiary/aromatic N) is 1. The van der Waals surface area contributed by atoms with Crippen molar-refractivity contribution in [2.45, 2.75) is 6.42 Å². The summed E-state index contributed by atoms with van der Waals surface area (Å²) in [6.45, 7) is 0. The van der Waals surface area contributed by atoms with Crippen molar-refractivity contribution in [2.24, 2.45) is 7.05 Å². The first kappa shape index (κ1) is 11.4. The van der Waals surface area contributed by atoms with Gasteiger partial charge in [0.2, 0.25) is 0 Å². The number of benzene rings is 1. The summed E-state index contributed by atoms with van der Waals surface area (Å²) in [4.78, 5) is 12.8. The highest BCUT2D eigenvalue weighted by Gasteiger charge is 2.12. The van der Waals surface area contributed by atoms with Crippen LogP contribution >= 0.6 is 22.9 Å². The van der Waals surface area contributed by atoms with Gasteiger partial charge in [-0.25, -0.2) is 0 Å². The second-order valence-corrected chi connectivity index (χ2v) is 4.93. The molecule has 0 saturated carbocycles. The molecule has 0 aliphatic rings. The third-order valence-electron chi connectivity index (χ3n) is 2.45. The zero-order valence-corrected chi connectivity index (χ0v) is 10.5. The molecular formula is C12H12ClNOS. The van der Waals surface area contributed by atoms with Crippen LogP contribution < -0.4 is 4.87 Å². The van der Waals surface area contributed by atoms with E-state index in [2.05, 4.69) is 0 Å². The van der Waals surface area contributed by atoms with Gasteiger partial charge in [-0.1, -0.05) is 41.7 Å². The lowest BCUT2D eigenvalue weighted by Gasteiger charge is -2.04. The third-order valence-corrected chi connectivity index (χ3v) is 3.73. The fourth-order valence-corrected chi connectivity index (χ4v) is 3.00. The minimum atomic E-state index is 0.0685. The number of alkyl halides is 1. The van der Waals surface area contributed by atoms with Crippen LogP contribution in [0.4, 0.5) is 0 Å². The first-order valence-electron chi connectivity index (χ1n) is 5.04. The summed E-state index contributed by atoms with van der Waals surface area (Å²) in [6, 6.07) is 9.94. The molecule has 84 valence electrons. The van der Waals surface area contributed by atoms with Gasteiger partial charge in [0, 0.05) is 17.8 Å². The van der Waals surface area contributed by atoms with Crippen molar-refractivity contribution in [1.82, 2.24) is 4.57 Å². The van der Waals surface area contributed by atoms with Crippen molar-refractivity contribution < 1.29 is 0 Å². The number of halogens is 1. The van der Waals surface area contributed by atoms with E-state index in [1.54, 1.807) is 11.6 Å². The van der Waals surface area contributed by atoms with Crippen molar-refractivity contribution in [3.8, 4) is 11.3 Å². The number of rotatable bonds is 3. The van der Waals surface area contributed by atoms with Crippen LogP contribution in [0.2, 0.25) is 0 Å². The van der Waals surface area contributed by atoms with Gasteiger partial charge in [0.1, 0.15) is 0 Å². The molecule has 0 saturated heterocycles. The summed E-state index contributed by atoms with van der Waals surface area (Å²) < 4.78 is 1.70. The minimum Gasteiger partial charge on any atom is -0.301 e. The number of aryl methyl sites for hydroxylation is 1. The van der Waals surface area contributed by atoms with Crippen LogP contribution in [0.25, 0.3) is 11.3 Å². The Labute approximate surface area is 103 Å². The topological polar surface area (TPSA) is 22.0 Å². The number of thiazole rings is 1. The van der Waals surface area contributed by atoms with Crippen LogP contribution in [0.3, 0.4) is 0 Å². The van der Waals surface area contributed by atoms with Crippen LogP contribution in [-0.2, 0) is 13.5 Å². The van der Waals surface area contributed by atoms with E-state index in [0.29, 0.717) is 5.88 Å². The molecule has 4 heteroatoms. The largest absolute Gasteiger partial charge is 0.307 e. The van der Waals surface area contributed by atoms with Gasteiger partial charge in [0.15, 0.2) is 0 Å². The lowest BCUT2D eigenvalue weighted by atomic mass is 10.1. The molecule has 2 nitrogen and oxygen atoms in total. The molecule has 0 atom stereocenters.